The minimum absolute atomic E-state index is 0.0786. The van der Waals surface area contributed by atoms with Gasteiger partial charge in [-0.2, -0.15) is 0 Å². The molecule has 0 bridgehead atoms. The molecule has 94 valence electrons. The topological polar surface area (TPSA) is 78.6 Å². The average molecular weight is 237 g/mol. The molecule has 1 rings (SSSR count). The molecule has 1 amide bonds. The van der Waals surface area contributed by atoms with Crippen molar-refractivity contribution >= 4 is 17.3 Å². The van der Waals surface area contributed by atoms with Crippen molar-refractivity contribution in [2.75, 3.05) is 31.7 Å². The maximum Gasteiger partial charge on any atom is 0.253 e. The highest BCUT2D eigenvalue weighted by molar-refractivity contribution is 5.95. The normalized spacial score (nSPS) is 12.0. The monoisotopic (exact) mass is 237 g/mol. The van der Waals surface area contributed by atoms with Crippen molar-refractivity contribution in [1.29, 1.82) is 0 Å². The zero-order valence-corrected chi connectivity index (χ0v) is 10.4. The molecule has 0 heterocycles. The number of nitrogens with two attached hydrogens (primary N) is 1. The van der Waals surface area contributed by atoms with Crippen LogP contribution in [0.15, 0.2) is 18.2 Å². The molecular weight excluding hydrogens is 218 g/mol. The molecule has 0 aliphatic rings. The molecule has 0 aliphatic heterocycles. The number of hydrogen-bond donors (Lipinski definition) is 3. The molecule has 5 nitrogen and oxygen atoms in total. The number of carbonyl (C=O) groups is 1. The molecule has 0 spiro atoms. The Bertz CT molecular complexity index is 403. The van der Waals surface area contributed by atoms with Crippen LogP contribution in [0.5, 0.6) is 0 Å². The van der Waals surface area contributed by atoms with Crippen molar-refractivity contribution < 1.29 is 9.90 Å². The molecule has 1 atom stereocenters. The second kappa shape index (κ2) is 5.54. The summed E-state index contributed by atoms with van der Waals surface area (Å²) >= 11 is 0. The minimum Gasteiger partial charge on any atom is -0.397 e. The van der Waals surface area contributed by atoms with Crippen molar-refractivity contribution in [3.8, 4) is 0 Å². The van der Waals surface area contributed by atoms with E-state index in [2.05, 4.69) is 5.32 Å². The zero-order chi connectivity index (χ0) is 13.0. The van der Waals surface area contributed by atoms with Gasteiger partial charge in [-0.3, -0.25) is 4.79 Å². The highest BCUT2D eigenvalue weighted by Gasteiger charge is 2.10. The third-order valence-corrected chi connectivity index (χ3v) is 2.29. The average Bonchev–Trinajstić information content (AvgIpc) is 2.26. The van der Waals surface area contributed by atoms with E-state index < -0.39 is 6.10 Å². The summed E-state index contributed by atoms with van der Waals surface area (Å²) in [5.74, 6) is -0.0786. The van der Waals surface area contributed by atoms with E-state index in [4.69, 9.17) is 5.73 Å². The van der Waals surface area contributed by atoms with Gasteiger partial charge < -0.3 is 21.1 Å². The smallest absolute Gasteiger partial charge is 0.253 e. The van der Waals surface area contributed by atoms with E-state index in [1.165, 1.54) is 4.90 Å². The Morgan fingerprint density at radius 2 is 2.18 bits per heavy atom. The van der Waals surface area contributed by atoms with Gasteiger partial charge in [0.05, 0.1) is 17.5 Å². The van der Waals surface area contributed by atoms with Gasteiger partial charge >= 0.3 is 0 Å². The fraction of sp³-hybridized carbons (Fsp3) is 0.417. The zero-order valence-electron chi connectivity index (χ0n) is 10.4. The summed E-state index contributed by atoms with van der Waals surface area (Å²) in [5.41, 5.74) is 7.57. The summed E-state index contributed by atoms with van der Waals surface area (Å²) in [6.45, 7) is 2.07. The number of nitrogen functional groups attached to an aromatic ring is 1. The van der Waals surface area contributed by atoms with Crippen LogP contribution < -0.4 is 11.1 Å². The summed E-state index contributed by atoms with van der Waals surface area (Å²) in [5, 5.41) is 12.2. The Hall–Kier alpha value is -1.75. The number of benzene rings is 1. The van der Waals surface area contributed by atoms with E-state index in [-0.39, 0.29) is 5.91 Å². The molecule has 17 heavy (non-hydrogen) atoms. The van der Waals surface area contributed by atoms with Crippen molar-refractivity contribution in [3.05, 3.63) is 23.8 Å². The van der Waals surface area contributed by atoms with Crippen LogP contribution in [0, 0.1) is 0 Å². The Balaban J connectivity index is 2.90. The Morgan fingerprint density at radius 1 is 1.53 bits per heavy atom. The van der Waals surface area contributed by atoms with Crippen LogP contribution in [0.1, 0.15) is 17.3 Å². The number of anilines is 2. The van der Waals surface area contributed by atoms with Crippen molar-refractivity contribution in [3.63, 3.8) is 0 Å². The van der Waals surface area contributed by atoms with Crippen LogP contribution in [0.2, 0.25) is 0 Å². The SMILES string of the molecule is CC(O)CNc1cc(C(=O)N(C)C)ccc1N. The van der Waals surface area contributed by atoms with E-state index in [1.54, 1.807) is 39.2 Å². The van der Waals surface area contributed by atoms with Crippen LogP contribution in [0.4, 0.5) is 11.4 Å². The molecule has 1 aromatic carbocycles. The van der Waals surface area contributed by atoms with Crippen molar-refractivity contribution in [2.45, 2.75) is 13.0 Å². The van der Waals surface area contributed by atoms with Crippen LogP contribution >= 0.6 is 0 Å². The van der Waals surface area contributed by atoms with Crippen molar-refractivity contribution in [1.82, 2.24) is 4.90 Å². The number of hydrogen-bond acceptors (Lipinski definition) is 4. The van der Waals surface area contributed by atoms with E-state index in [0.29, 0.717) is 23.5 Å². The third-order valence-electron chi connectivity index (χ3n) is 2.29. The van der Waals surface area contributed by atoms with Crippen LogP contribution in [-0.4, -0.2) is 42.7 Å². The molecular formula is C12H19N3O2. The lowest BCUT2D eigenvalue weighted by atomic mass is 10.1. The van der Waals surface area contributed by atoms with E-state index in [1.807, 2.05) is 0 Å². The highest BCUT2D eigenvalue weighted by atomic mass is 16.3. The summed E-state index contributed by atoms with van der Waals surface area (Å²) in [7, 11) is 3.39. The van der Waals surface area contributed by atoms with E-state index >= 15 is 0 Å². The second-order valence-electron chi connectivity index (χ2n) is 4.23. The van der Waals surface area contributed by atoms with Crippen molar-refractivity contribution in [2.24, 2.45) is 0 Å². The molecule has 0 aliphatic carbocycles. The first kappa shape index (κ1) is 13.3. The molecule has 5 heteroatoms. The summed E-state index contributed by atoms with van der Waals surface area (Å²) in [6.07, 6.45) is -0.470. The molecule has 4 N–H and O–H groups in total. The number of aliphatic hydroxyl groups is 1. The predicted octanol–water partition coefficient (Wildman–Crippen LogP) is 0.763. The minimum atomic E-state index is -0.470. The Kier molecular flexibility index (Phi) is 4.34. The number of amides is 1. The number of rotatable bonds is 4. The summed E-state index contributed by atoms with van der Waals surface area (Å²) in [4.78, 5) is 13.3. The number of carbonyl (C=O) groups excluding carboxylic acids is 1. The largest absolute Gasteiger partial charge is 0.397 e. The van der Waals surface area contributed by atoms with Gasteiger partial charge in [-0.1, -0.05) is 0 Å². The quantitative estimate of drug-likeness (QED) is 0.676. The predicted molar refractivity (Wildman–Crippen MR) is 69.0 cm³/mol. The lowest BCUT2D eigenvalue weighted by molar-refractivity contribution is 0.0827. The Morgan fingerprint density at radius 3 is 2.71 bits per heavy atom. The summed E-state index contributed by atoms with van der Waals surface area (Å²) in [6, 6.07) is 5.06. The van der Waals surface area contributed by atoms with Gasteiger partial charge in [-0.25, -0.2) is 0 Å². The maximum absolute atomic E-state index is 11.8. The van der Waals surface area contributed by atoms with E-state index in [0.717, 1.165) is 0 Å². The van der Waals surface area contributed by atoms with E-state index in [9.17, 15) is 9.90 Å². The van der Waals surface area contributed by atoms with Crippen LogP contribution in [0.3, 0.4) is 0 Å². The molecule has 1 aromatic rings. The molecule has 0 aromatic heterocycles. The molecule has 0 saturated heterocycles. The lowest BCUT2D eigenvalue weighted by Crippen LogP contribution is -2.22. The fourth-order valence-corrected chi connectivity index (χ4v) is 1.36. The van der Waals surface area contributed by atoms with Gasteiger partial charge in [0.2, 0.25) is 0 Å². The summed E-state index contributed by atoms with van der Waals surface area (Å²) < 4.78 is 0. The van der Waals surface area contributed by atoms with Gasteiger partial charge in [0.1, 0.15) is 0 Å². The molecule has 0 saturated carbocycles. The van der Waals surface area contributed by atoms with Gasteiger partial charge in [0.25, 0.3) is 5.91 Å². The maximum atomic E-state index is 11.8. The lowest BCUT2D eigenvalue weighted by Gasteiger charge is -2.14. The number of nitrogens with zero attached hydrogens (tertiary/aromatic N) is 1. The number of aliphatic hydroxyl groups excluding tert-OH is 1. The third kappa shape index (κ3) is 3.64. The highest BCUT2D eigenvalue weighted by Crippen LogP contribution is 2.20. The van der Waals surface area contributed by atoms with Gasteiger partial charge in [-0.05, 0) is 25.1 Å². The fourth-order valence-electron chi connectivity index (χ4n) is 1.36. The standard InChI is InChI=1S/C12H19N3O2/c1-8(16)7-14-11-6-9(4-5-10(11)13)12(17)15(2)3/h4-6,8,14,16H,7,13H2,1-3H3. The van der Waals surface area contributed by atoms with Crippen LogP contribution in [-0.2, 0) is 0 Å². The molecule has 1 unspecified atom stereocenters. The van der Waals surface area contributed by atoms with Gasteiger partial charge in [0.15, 0.2) is 0 Å². The molecule has 0 fully saturated rings. The van der Waals surface area contributed by atoms with Crippen LogP contribution in [0.25, 0.3) is 0 Å². The number of nitrogens with one attached hydrogen (secondary N) is 1. The first-order valence-corrected chi connectivity index (χ1v) is 5.45. The molecule has 0 radical (unpaired) electrons. The second-order valence-corrected chi connectivity index (χ2v) is 4.23. The Labute approximate surface area is 101 Å². The van der Waals surface area contributed by atoms with Gasteiger partial charge in [-0.15, -0.1) is 0 Å². The first-order chi connectivity index (χ1) is 7.91. The van der Waals surface area contributed by atoms with Gasteiger partial charge in [0, 0.05) is 26.2 Å². The first-order valence-electron chi connectivity index (χ1n) is 5.45.